The van der Waals surface area contributed by atoms with E-state index >= 15 is 0 Å². The van der Waals surface area contributed by atoms with Gasteiger partial charge >= 0.3 is 0 Å². The number of furan rings is 1. The van der Waals surface area contributed by atoms with Gasteiger partial charge in [-0.2, -0.15) is 5.26 Å². The normalized spacial score (nSPS) is 14.1. The van der Waals surface area contributed by atoms with Crippen LogP contribution in [0.25, 0.3) is 0 Å². The minimum absolute atomic E-state index is 0.135. The quantitative estimate of drug-likeness (QED) is 0.587. The van der Waals surface area contributed by atoms with Gasteiger partial charge in [0.1, 0.15) is 23.5 Å². The highest BCUT2D eigenvalue weighted by Crippen LogP contribution is 2.27. The van der Waals surface area contributed by atoms with Crippen LogP contribution in [0.4, 0.5) is 10.2 Å². The molecule has 2 aromatic heterocycles. The number of piperazine rings is 1. The molecule has 2 amide bonds. The van der Waals surface area contributed by atoms with Crippen LogP contribution in [-0.2, 0) is 11.3 Å². The Labute approximate surface area is 203 Å². The van der Waals surface area contributed by atoms with E-state index in [4.69, 9.17) is 4.42 Å². The Morgan fingerprint density at radius 3 is 2.51 bits per heavy atom. The summed E-state index contributed by atoms with van der Waals surface area (Å²) in [7, 11) is 0. The van der Waals surface area contributed by atoms with Gasteiger partial charge in [-0.1, -0.05) is 6.07 Å². The highest BCUT2D eigenvalue weighted by atomic mass is 19.1. The molecule has 182 valence electrons. The number of amides is 2. The molecule has 3 heterocycles. The van der Waals surface area contributed by atoms with Crippen molar-refractivity contribution < 1.29 is 18.4 Å². The second-order valence-electron chi connectivity index (χ2n) is 8.79. The maximum atomic E-state index is 13.9. The third-order valence-corrected chi connectivity index (χ3v) is 6.54. The van der Waals surface area contributed by atoms with E-state index in [9.17, 15) is 19.2 Å². The molecule has 0 bridgehead atoms. The van der Waals surface area contributed by atoms with Crippen LogP contribution in [0.2, 0.25) is 0 Å². The zero-order chi connectivity index (χ0) is 25.1. The fourth-order valence-corrected chi connectivity index (χ4v) is 4.28. The van der Waals surface area contributed by atoms with E-state index in [0.717, 1.165) is 17.0 Å². The first-order chi connectivity index (χ1) is 16.8. The number of aromatic nitrogens is 1. The molecule has 0 atom stereocenters. The monoisotopic (exact) mass is 477 g/mol. The van der Waals surface area contributed by atoms with E-state index in [1.165, 1.54) is 6.07 Å². The second-order valence-corrected chi connectivity index (χ2v) is 8.79. The maximum absolute atomic E-state index is 13.9. The maximum Gasteiger partial charge on any atom is 0.254 e. The lowest BCUT2D eigenvalue weighted by atomic mass is 10.1. The summed E-state index contributed by atoms with van der Waals surface area (Å²) in [6, 6.07) is 10.4. The lowest BCUT2D eigenvalue weighted by Gasteiger charge is -2.34. The number of rotatable bonds is 6. The summed E-state index contributed by atoms with van der Waals surface area (Å²) in [5.74, 6) is 0.329. The van der Waals surface area contributed by atoms with Crippen LogP contribution in [-0.4, -0.2) is 58.9 Å². The van der Waals surface area contributed by atoms with E-state index in [0.29, 0.717) is 55.2 Å². The molecule has 3 aromatic rings. The molecule has 0 radical (unpaired) electrons. The average molecular weight is 478 g/mol. The van der Waals surface area contributed by atoms with Crippen molar-refractivity contribution in [1.82, 2.24) is 14.4 Å². The van der Waals surface area contributed by atoms with Crippen LogP contribution < -0.4 is 5.32 Å². The van der Waals surface area contributed by atoms with Crippen LogP contribution >= 0.6 is 0 Å². The molecule has 0 aliphatic carbocycles. The van der Waals surface area contributed by atoms with Gasteiger partial charge < -0.3 is 19.2 Å². The molecule has 35 heavy (non-hydrogen) atoms. The molecule has 0 saturated carbocycles. The topological polar surface area (TPSA) is 94.5 Å². The van der Waals surface area contributed by atoms with E-state index in [-0.39, 0.29) is 18.4 Å². The molecule has 1 aromatic carbocycles. The van der Waals surface area contributed by atoms with Crippen molar-refractivity contribution in [1.29, 1.82) is 5.26 Å². The van der Waals surface area contributed by atoms with E-state index < -0.39 is 5.82 Å². The van der Waals surface area contributed by atoms with Crippen LogP contribution in [0.5, 0.6) is 0 Å². The smallest absolute Gasteiger partial charge is 0.254 e. The van der Waals surface area contributed by atoms with Gasteiger partial charge in [-0.3, -0.25) is 14.5 Å². The number of carbonyl (C=O) groups is 2. The first-order valence-corrected chi connectivity index (χ1v) is 11.5. The summed E-state index contributed by atoms with van der Waals surface area (Å²) in [6.07, 6.45) is 1.59. The Morgan fingerprint density at radius 2 is 1.89 bits per heavy atom. The number of aryl methyl sites for hydroxylation is 1. The molecule has 4 rings (SSSR count). The first kappa shape index (κ1) is 24.2. The number of hydrogen-bond acceptors (Lipinski definition) is 5. The Kier molecular flexibility index (Phi) is 7.03. The minimum atomic E-state index is -0.398. The summed E-state index contributed by atoms with van der Waals surface area (Å²) in [5, 5.41) is 12.6. The second kappa shape index (κ2) is 10.2. The Hall–Kier alpha value is -3.90. The highest BCUT2D eigenvalue weighted by Gasteiger charge is 2.25. The van der Waals surface area contributed by atoms with E-state index in [2.05, 4.69) is 11.4 Å². The molecule has 0 unspecified atom stereocenters. The van der Waals surface area contributed by atoms with Crippen molar-refractivity contribution in [3.63, 3.8) is 0 Å². The predicted molar refractivity (Wildman–Crippen MR) is 129 cm³/mol. The molecule has 9 heteroatoms. The fourth-order valence-electron chi connectivity index (χ4n) is 4.28. The molecular formula is C26H28FN5O3. The standard InChI is InChI=1S/C26H28FN5O3/c1-17-6-7-20(13-23(17)27)26(34)31-10-8-30(9-11-31)16-24(33)29-25-22(14-28)18(2)19(3)32(25)15-21-5-4-12-35-21/h4-7,12-13H,8-11,15-16H2,1-3H3,(H,29,33). The van der Waals surface area contributed by atoms with Gasteiger partial charge in [0.15, 0.2) is 0 Å². The van der Waals surface area contributed by atoms with Crippen LogP contribution in [0, 0.1) is 37.9 Å². The molecule has 0 spiro atoms. The molecular weight excluding hydrogens is 449 g/mol. The lowest BCUT2D eigenvalue weighted by Crippen LogP contribution is -2.50. The Morgan fingerprint density at radius 1 is 1.14 bits per heavy atom. The van der Waals surface area contributed by atoms with Crippen molar-refractivity contribution in [3.05, 3.63) is 76.1 Å². The predicted octanol–water partition coefficient (Wildman–Crippen LogP) is 3.46. The van der Waals surface area contributed by atoms with Gasteiger partial charge in [0, 0.05) is 37.4 Å². The first-order valence-electron chi connectivity index (χ1n) is 11.5. The Balaban J connectivity index is 1.38. The van der Waals surface area contributed by atoms with Gasteiger partial charge in [-0.15, -0.1) is 0 Å². The molecule has 1 N–H and O–H groups in total. The van der Waals surface area contributed by atoms with Gasteiger partial charge in [0.25, 0.3) is 5.91 Å². The molecule has 1 saturated heterocycles. The van der Waals surface area contributed by atoms with Crippen molar-refractivity contribution >= 4 is 17.6 Å². The lowest BCUT2D eigenvalue weighted by molar-refractivity contribution is -0.117. The number of carbonyl (C=O) groups excluding carboxylic acids is 2. The number of nitriles is 1. The fraction of sp³-hybridized carbons (Fsp3) is 0.346. The average Bonchev–Trinajstić information content (AvgIpc) is 3.43. The van der Waals surface area contributed by atoms with Gasteiger partial charge in [0.2, 0.25) is 5.91 Å². The molecule has 1 aliphatic rings. The minimum Gasteiger partial charge on any atom is -0.467 e. The van der Waals surface area contributed by atoms with Crippen LogP contribution in [0.3, 0.4) is 0 Å². The van der Waals surface area contributed by atoms with Crippen molar-refractivity contribution in [2.24, 2.45) is 0 Å². The van der Waals surface area contributed by atoms with Crippen molar-refractivity contribution in [2.75, 3.05) is 38.0 Å². The summed E-state index contributed by atoms with van der Waals surface area (Å²) in [5.41, 5.74) is 2.95. The van der Waals surface area contributed by atoms with Crippen LogP contribution in [0.15, 0.2) is 41.0 Å². The third kappa shape index (κ3) is 5.12. The zero-order valence-corrected chi connectivity index (χ0v) is 20.1. The summed E-state index contributed by atoms with van der Waals surface area (Å²) < 4.78 is 21.2. The number of benzene rings is 1. The number of nitrogens with zero attached hydrogens (tertiary/aromatic N) is 4. The Bertz CT molecular complexity index is 1280. The largest absolute Gasteiger partial charge is 0.467 e. The van der Waals surface area contributed by atoms with E-state index in [1.54, 1.807) is 36.3 Å². The number of hydrogen-bond donors (Lipinski definition) is 1. The van der Waals surface area contributed by atoms with Gasteiger partial charge in [0.05, 0.1) is 24.9 Å². The number of nitrogens with one attached hydrogen (secondary N) is 1. The van der Waals surface area contributed by atoms with Gasteiger partial charge in [-0.25, -0.2) is 4.39 Å². The number of halogens is 1. The third-order valence-electron chi connectivity index (χ3n) is 6.54. The van der Waals surface area contributed by atoms with Crippen molar-refractivity contribution in [3.8, 4) is 6.07 Å². The van der Waals surface area contributed by atoms with Gasteiger partial charge in [-0.05, 0) is 56.2 Å². The molecule has 8 nitrogen and oxygen atoms in total. The van der Waals surface area contributed by atoms with Crippen molar-refractivity contribution in [2.45, 2.75) is 27.3 Å². The van der Waals surface area contributed by atoms with E-state index in [1.807, 2.05) is 29.4 Å². The summed E-state index contributed by atoms with van der Waals surface area (Å²) in [4.78, 5) is 29.3. The molecule has 1 fully saturated rings. The summed E-state index contributed by atoms with van der Waals surface area (Å²) in [6.45, 7) is 7.88. The SMILES string of the molecule is Cc1ccc(C(=O)N2CCN(CC(=O)Nc3c(C#N)c(C)c(C)n3Cc3ccco3)CC2)cc1F. The number of anilines is 1. The molecule has 1 aliphatic heterocycles. The van der Waals surface area contributed by atoms with Crippen LogP contribution in [0.1, 0.15) is 38.5 Å². The summed E-state index contributed by atoms with van der Waals surface area (Å²) >= 11 is 0. The highest BCUT2D eigenvalue weighted by molar-refractivity contribution is 5.95. The zero-order valence-electron chi connectivity index (χ0n) is 20.1.